The largest absolute Gasteiger partial charge is 0.508 e. The molecule has 4 aliphatic carbocycles. The van der Waals surface area contributed by atoms with Crippen molar-refractivity contribution in [2.24, 2.45) is 58.2 Å². The lowest BCUT2D eigenvalue weighted by atomic mass is 9.44. The van der Waals surface area contributed by atoms with Gasteiger partial charge in [-0.15, -0.1) is 0 Å². The maximum Gasteiger partial charge on any atom is 0.331 e. The second-order valence-corrected chi connectivity index (χ2v) is 15.4. The van der Waals surface area contributed by atoms with Gasteiger partial charge in [0, 0.05) is 6.08 Å². The van der Waals surface area contributed by atoms with Gasteiger partial charge in [0.25, 0.3) is 0 Å². The first-order valence-corrected chi connectivity index (χ1v) is 16.7. The van der Waals surface area contributed by atoms with Crippen molar-refractivity contribution in [1.82, 2.24) is 0 Å². The normalized spacial score (nSPS) is 38.9. The number of fused-ring (bicyclic) bond motifs is 5. The van der Waals surface area contributed by atoms with Crippen molar-refractivity contribution in [3.63, 3.8) is 0 Å². The van der Waals surface area contributed by atoms with Crippen LogP contribution in [0.25, 0.3) is 6.08 Å². The molecule has 0 aromatic heterocycles. The minimum absolute atomic E-state index is 0.0467. The quantitative estimate of drug-likeness (QED) is 0.260. The van der Waals surface area contributed by atoms with Gasteiger partial charge in [0.2, 0.25) is 0 Å². The first-order valence-electron chi connectivity index (χ1n) is 16.7. The minimum Gasteiger partial charge on any atom is -0.508 e. The molecule has 10 atom stereocenters. The zero-order valence-corrected chi connectivity index (χ0v) is 26.2. The third-order valence-electron chi connectivity index (χ3n) is 13.2. The number of phenols is 1. The second-order valence-electron chi connectivity index (χ2n) is 15.4. The molecule has 0 radical (unpaired) electrons. The van der Waals surface area contributed by atoms with Crippen molar-refractivity contribution in [3.8, 4) is 5.75 Å². The van der Waals surface area contributed by atoms with Gasteiger partial charge in [-0.05, 0) is 140 Å². The number of ether oxygens (including phenoxy) is 1. The van der Waals surface area contributed by atoms with Gasteiger partial charge in [0.05, 0.1) is 0 Å². The molecule has 3 heteroatoms. The van der Waals surface area contributed by atoms with E-state index in [2.05, 4.69) is 41.5 Å². The summed E-state index contributed by atoms with van der Waals surface area (Å²) in [6.45, 7) is 15.1. The van der Waals surface area contributed by atoms with E-state index in [0.717, 1.165) is 59.8 Å². The Labute approximate surface area is 244 Å². The van der Waals surface area contributed by atoms with Gasteiger partial charge in [-0.2, -0.15) is 0 Å². The van der Waals surface area contributed by atoms with Crippen LogP contribution >= 0.6 is 0 Å². The number of hydrogen-bond donors (Lipinski definition) is 1. The summed E-state index contributed by atoms with van der Waals surface area (Å²) in [4.78, 5) is 12.6. The van der Waals surface area contributed by atoms with E-state index in [1.807, 2.05) is 0 Å². The van der Waals surface area contributed by atoms with Crippen molar-refractivity contribution < 1.29 is 14.6 Å². The van der Waals surface area contributed by atoms with E-state index in [9.17, 15) is 9.90 Å². The van der Waals surface area contributed by atoms with Crippen LogP contribution in [0.4, 0.5) is 0 Å². The van der Waals surface area contributed by atoms with Gasteiger partial charge in [0.15, 0.2) is 0 Å². The molecule has 222 valence electrons. The molecule has 5 rings (SSSR count). The van der Waals surface area contributed by atoms with E-state index < -0.39 is 0 Å². The molecule has 1 N–H and O–H groups in total. The summed E-state index contributed by atoms with van der Waals surface area (Å²) in [6.07, 6.45) is 17.9. The number of hydrogen-bond acceptors (Lipinski definition) is 3. The molecule has 0 amide bonds. The number of phenolic OH excluding ortho intramolecular Hbond substituents is 1. The molecule has 4 saturated carbocycles. The topological polar surface area (TPSA) is 46.5 Å². The van der Waals surface area contributed by atoms with Crippen LogP contribution in [0.3, 0.4) is 0 Å². The molecule has 0 bridgehead atoms. The average Bonchev–Trinajstić information content (AvgIpc) is 3.28. The fourth-order valence-electron chi connectivity index (χ4n) is 10.3. The molecule has 40 heavy (non-hydrogen) atoms. The lowest BCUT2D eigenvalue weighted by Gasteiger charge is -2.61. The van der Waals surface area contributed by atoms with Crippen LogP contribution in [-0.4, -0.2) is 17.2 Å². The highest BCUT2D eigenvalue weighted by Crippen LogP contribution is 2.68. The van der Waals surface area contributed by atoms with Crippen LogP contribution in [0.5, 0.6) is 5.75 Å². The Kier molecular flexibility index (Phi) is 8.80. The Balaban J connectivity index is 1.18. The van der Waals surface area contributed by atoms with Crippen molar-refractivity contribution in [2.75, 3.05) is 0 Å². The van der Waals surface area contributed by atoms with Crippen molar-refractivity contribution in [1.29, 1.82) is 0 Å². The Bertz CT molecular complexity index is 1040. The predicted molar refractivity (Wildman–Crippen MR) is 165 cm³/mol. The van der Waals surface area contributed by atoms with Gasteiger partial charge < -0.3 is 9.84 Å². The second kappa shape index (κ2) is 11.8. The fraction of sp³-hybridized carbons (Fsp3) is 0.757. The SMILES string of the molecule is CC(C)[C@H](C)CC[C@@H](C)[C@H]1CC[C@H]2[C@@H]3CC[C@H]4C[C@@H](OC(=O)/C=C/c5ccc(O)cc5)CC[C@]4(C)[C@H]3CC[C@]12C. The molecule has 1 aromatic carbocycles. The molecule has 1 aromatic rings. The molecule has 0 spiro atoms. The fourth-order valence-corrected chi connectivity index (χ4v) is 10.3. The number of esters is 1. The summed E-state index contributed by atoms with van der Waals surface area (Å²) < 4.78 is 5.97. The monoisotopic (exact) mass is 548 g/mol. The van der Waals surface area contributed by atoms with Crippen LogP contribution in [0, 0.1) is 58.2 Å². The van der Waals surface area contributed by atoms with Gasteiger partial charge >= 0.3 is 5.97 Å². The zero-order valence-electron chi connectivity index (χ0n) is 26.2. The summed E-state index contributed by atoms with van der Waals surface area (Å²) in [5.41, 5.74) is 1.84. The molecule has 3 nitrogen and oxygen atoms in total. The number of aromatic hydroxyl groups is 1. The first-order chi connectivity index (χ1) is 19.0. The minimum atomic E-state index is -0.238. The van der Waals surface area contributed by atoms with E-state index in [4.69, 9.17) is 4.74 Å². The third-order valence-corrected chi connectivity index (χ3v) is 13.2. The number of benzene rings is 1. The van der Waals surface area contributed by atoms with Crippen molar-refractivity contribution >= 4 is 12.0 Å². The van der Waals surface area contributed by atoms with E-state index in [0.29, 0.717) is 16.7 Å². The van der Waals surface area contributed by atoms with Crippen LogP contribution in [0.2, 0.25) is 0 Å². The summed E-state index contributed by atoms with van der Waals surface area (Å²) in [5.74, 6) is 6.74. The molecular formula is C37H56O3. The molecule has 0 heterocycles. The molecular weight excluding hydrogens is 492 g/mol. The molecule has 0 unspecified atom stereocenters. The number of carbonyl (C=O) groups is 1. The van der Waals surface area contributed by atoms with E-state index in [1.54, 1.807) is 36.4 Å². The van der Waals surface area contributed by atoms with E-state index in [1.165, 1.54) is 57.8 Å². The molecule has 0 saturated heterocycles. The summed E-state index contributed by atoms with van der Waals surface area (Å²) in [5, 5.41) is 9.46. The maximum absolute atomic E-state index is 12.6. The maximum atomic E-state index is 12.6. The lowest BCUT2D eigenvalue weighted by Crippen LogP contribution is -2.54. The first kappa shape index (κ1) is 29.7. The highest BCUT2D eigenvalue weighted by molar-refractivity contribution is 5.87. The van der Waals surface area contributed by atoms with Crippen molar-refractivity contribution in [2.45, 2.75) is 118 Å². The van der Waals surface area contributed by atoms with Gasteiger partial charge in [0.1, 0.15) is 11.9 Å². The summed E-state index contributed by atoms with van der Waals surface area (Å²) in [6, 6.07) is 6.88. The summed E-state index contributed by atoms with van der Waals surface area (Å²) >= 11 is 0. The van der Waals surface area contributed by atoms with Crippen LogP contribution in [-0.2, 0) is 9.53 Å². The van der Waals surface area contributed by atoms with E-state index in [-0.39, 0.29) is 17.8 Å². The molecule has 4 aliphatic rings. The lowest BCUT2D eigenvalue weighted by molar-refractivity contribution is -0.157. The molecule has 4 fully saturated rings. The van der Waals surface area contributed by atoms with Crippen molar-refractivity contribution in [3.05, 3.63) is 35.9 Å². The highest BCUT2D eigenvalue weighted by atomic mass is 16.5. The zero-order chi connectivity index (χ0) is 28.7. The number of rotatable bonds is 8. The van der Waals surface area contributed by atoms with E-state index >= 15 is 0 Å². The Morgan fingerprint density at radius 3 is 2.35 bits per heavy atom. The number of carbonyl (C=O) groups excluding carboxylic acids is 1. The Morgan fingerprint density at radius 2 is 1.62 bits per heavy atom. The van der Waals surface area contributed by atoms with Crippen LogP contribution in [0.1, 0.15) is 118 Å². The highest BCUT2D eigenvalue weighted by Gasteiger charge is 2.60. The van der Waals surface area contributed by atoms with Gasteiger partial charge in [-0.25, -0.2) is 4.79 Å². The Hall–Kier alpha value is -1.77. The Morgan fingerprint density at radius 1 is 0.925 bits per heavy atom. The van der Waals surface area contributed by atoms with Crippen LogP contribution < -0.4 is 0 Å². The van der Waals surface area contributed by atoms with Gasteiger partial charge in [-0.3, -0.25) is 0 Å². The third kappa shape index (κ3) is 5.78. The van der Waals surface area contributed by atoms with Gasteiger partial charge in [-0.1, -0.05) is 66.5 Å². The smallest absolute Gasteiger partial charge is 0.331 e. The molecule has 0 aliphatic heterocycles. The average molecular weight is 549 g/mol. The standard InChI is InChI=1S/C37H56O3/c1-24(2)25(3)7-8-26(4)32-16-17-33-31-15-12-28-23-30(19-21-36(28,5)34(31)20-22-37(32,33)6)40-35(39)18-11-27-9-13-29(38)14-10-27/h9-11,13-14,18,24-26,28,30-34,38H,7-8,12,15-17,19-23H2,1-6H3/b18-11+/t25-,26-,28+,30+,31+,32-,33+,34+,36+,37-/m1/s1. The van der Waals surface area contributed by atoms with Crippen LogP contribution in [0.15, 0.2) is 30.3 Å². The predicted octanol–water partition coefficient (Wildman–Crippen LogP) is 9.68. The summed E-state index contributed by atoms with van der Waals surface area (Å²) in [7, 11) is 0.